The molecule has 1 atom stereocenters. The number of carbonyl (C=O) groups is 2. The summed E-state index contributed by atoms with van der Waals surface area (Å²) in [6.45, 7) is 1.22. The maximum absolute atomic E-state index is 13.5. The minimum absolute atomic E-state index is 0.0679. The van der Waals surface area contributed by atoms with Crippen molar-refractivity contribution < 1.29 is 27.1 Å². The lowest BCUT2D eigenvalue weighted by Gasteiger charge is -2.33. The van der Waals surface area contributed by atoms with Gasteiger partial charge >= 0.3 is 0 Å². The van der Waals surface area contributed by atoms with Crippen LogP contribution in [0.4, 0.5) is 10.1 Å². The number of anilines is 1. The summed E-state index contributed by atoms with van der Waals surface area (Å²) >= 11 is 0. The molecule has 3 rings (SSSR count). The van der Waals surface area contributed by atoms with Crippen LogP contribution in [-0.4, -0.2) is 57.1 Å². The Labute approximate surface area is 212 Å². The van der Waals surface area contributed by atoms with Crippen molar-refractivity contribution in [2.75, 3.05) is 24.2 Å². The molecular formula is C26H34FN3O5S. The van der Waals surface area contributed by atoms with Crippen LogP contribution >= 0.6 is 0 Å². The molecule has 0 aromatic heterocycles. The third-order valence-corrected chi connectivity index (χ3v) is 7.57. The van der Waals surface area contributed by atoms with Crippen LogP contribution in [0.5, 0.6) is 5.75 Å². The number of halogens is 1. The topological polar surface area (TPSA) is 96.0 Å². The van der Waals surface area contributed by atoms with E-state index < -0.39 is 34.3 Å². The van der Waals surface area contributed by atoms with Crippen LogP contribution in [0.3, 0.4) is 0 Å². The van der Waals surface area contributed by atoms with Gasteiger partial charge in [-0.1, -0.05) is 31.4 Å². The predicted molar refractivity (Wildman–Crippen MR) is 137 cm³/mol. The summed E-state index contributed by atoms with van der Waals surface area (Å²) in [5, 5.41) is 3.05. The average molecular weight is 520 g/mol. The number of amides is 2. The highest BCUT2D eigenvalue weighted by atomic mass is 32.2. The predicted octanol–water partition coefficient (Wildman–Crippen LogP) is 3.47. The minimum Gasteiger partial charge on any atom is -0.497 e. The van der Waals surface area contributed by atoms with Crippen LogP contribution in [-0.2, 0) is 26.2 Å². The molecule has 10 heteroatoms. The largest absolute Gasteiger partial charge is 0.497 e. The second kappa shape index (κ2) is 12.2. The summed E-state index contributed by atoms with van der Waals surface area (Å²) in [4.78, 5) is 28.1. The van der Waals surface area contributed by atoms with Gasteiger partial charge in [0.1, 0.15) is 24.2 Å². The van der Waals surface area contributed by atoms with Crippen molar-refractivity contribution >= 4 is 27.5 Å². The first-order valence-corrected chi connectivity index (χ1v) is 13.9. The molecule has 0 radical (unpaired) electrons. The molecule has 36 heavy (non-hydrogen) atoms. The summed E-state index contributed by atoms with van der Waals surface area (Å²) in [5.74, 6) is -0.699. The Morgan fingerprint density at radius 1 is 1.06 bits per heavy atom. The molecule has 1 aliphatic rings. The number of sulfonamides is 1. The van der Waals surface area contributed by atoms with E-state index in [1.54, 1.807) is 38.3 Å². The first-order valence-electron chi connectivity index (χ1n) is 12.0. The second-order valence-electron chi connectivity index (χ2n) is 9.14. The maximum atomic E-state index is 13.5. The maximum Gasteiger partial charge on any atom is 0.244 e. The van der Waals surface area contributed by atoms with Gasteiger partial charge in [-0.3, -0.25) is 13.9 Å². The number of hydrogen-bond donors (Lipinski definition) is 1. The summed E-state index contributed by atoms with van der Waals surface area (Å²) in [6.07, 6.45) is 6.03. The molecule has 1 unspecified atom stereocenters. The van der Waals surface area contributed by atoms with Gasteiger partial charge in [0.15, 0.2) is 0 Å². The van der Waals surface area contributed by atoms with E-state index in [1.807, 2.05) is 0 Å². The van der Waals surface area contributed by atoms with Crippen LogP contribution in [0.2, 0.25) is 0 Å². The zero-order valence-corrected chi connectivity index (χ0v) is 21.8. The zero-order chi connectivity index (χ0) is 26.3. The van der Waals surface area contributed by atoms with Gasteiger partial charge in [0.05, 0.1) is 19.1 Å². The van der Waals surface area contributed by atoms with E-state index in [2.05, 4.69) is 5.32 Å². The highest BCUT2D eigenvalue weighted by molar-refractivity contribution is 7.92. The van der Waals surface area contributed by atoms with Gasteiger partial charge in [0.2, 0.25) is 21.8 Å². The lowest BCUT2D eigenvalue weighted by Crippen LogP contribution is -2.52. The number of ether oxygens (including phenoxy) is 1. The van der Waals surface area contributed by atoms with Gasteiger partial charge in [0, 0.05) is 12.6 Å². The summed E-state index contributed by atoms with van der Waals surface area (Å²) in [5.41, 5.74) is 0.921. The molecule has 1 N–H and O–H groups in total. The first kappa shape index (κ1) is 27.4. The van der Waals surface area contributed by atoms with Gasteiger partial charge in [-0.05, 0) is 61.7 Å². The van der Waals surface area contributed by atoms with Crippen molar-refractivity contribution in [2.24, 2.45) is 0 Å². The fourth-order valence-electron chi connectivity index (χ4n) is 4.30. The Bertz CT molecular complexity index is 1130. The van der Waals surface area contributed by atoms with Gasteiger partial charge in [-0.2, -0.15) is 0 Å². The fraction of sp³-hybridized carbons (Fsp3) is 0.462. The lowest BCUT2D eigenvalue weighted by molar-refractivity contribution is -0.139. The van der Waals surface area contributed by atoms with Crippen molar-refractivity contribution in [3.63, 3.8) is 0 Å². The molecule has 1 aliphatic carbocycles. The van der Waals surface area contributed by atoms with Crippen LogP contribution in [0.25, 0.3) is 0 Å². The van der Waals surface area contributed by atoms with Gasteiger partial charge in [-0.25, -0.2) is 12.8 Å². The normalized spacial score (nSPS) is 15.1. The number of rotatable bonds is 10. The standard InChI is InChI=1S/C26H34FN3O5S/c1-19(26(32)28-22-7-5-4-6-8-22)29(17-20-9-15-24(35-2)16-10-20)25(31)18-30(36(3,33)34)23-13-11-21(27)12-14-23/h9-16,19,22H,4-8,17-18H2,1-3H3,(H,28,32). The van der Waals surface area contributed by atoms with E-state index in [-0.39, 0.29) is 24.2 Å². The average Bonchev–Trinajstić information content (AvgIpc) is 2.86. The van der Waals surface area contributed by atoms with Crippen LogP contribution in [0.1, 0.15) is 44.6 Å². The lowest BCUT2D eigenvalue weighted by atomic mass is 9.95. The Morgan fingerprint density at radius 3 is 2.22 bits per heavy atom. The molecule has 2 aromatic carbocycles. The Hall–Kier alpha value is -3.14. The molecule has 8 nitrogen and oxygen atoms in total. The van der Waals surface area contributed by atoms with E-state index in [1.165, 1.54) is 17.0 Å². The second-order valence-corrected chi connectivity index (χ2v) is 11.0. The number of carbonyl (C=O) groups excluding carboxylic acids is 2. The van der Waals surface area contributed by atoms with E-state index in [0.29, 0.717) is 5.75 Å². The smallest absolute Gasteiger partial charge is 0.244 e. The van der Waals surface area contributed by atoms with Crippen molar-refractivity contribution in [2.45, 2.75) is 57.7 Å². The zero-order valence-electron chi connectivity index (χ0n) is 20.9. The Kier molecular flexibility index (Phi) is 9.31. The number of nitrogens with one attached hydrogen (secondary N) is 1. The van der Waals surface area contributed by atoms with E-state index in [4.69, 9.17) is 4.74 Å². The van der Waals surface area contributed by atoms with E-state index in [0.717, 1.165) is 60.4 Å². The van der Waals surface area contributed by atoms with Crippen LogP contribution in [0.15, 0.2) is 48.5 Å². The Balaban J connectivity index is 1.85. The van der Waals surface area contributed by atoms with Gasteiger partial charge < -0.3 is 15.0 Å². The number of hydrogen-bond acceptors (Lipinski definition) is 5. The SMILES string of the molecule is COc1ccc(CN(C(=O)CN(c2ccc(F)cc2)S(C)(=O)=O)C(C)C(=O)NC2CCCCC2)cc1. The van der Waals surface area contributed by atoms with Gasteiger partial charge in [0.25, 0.3) is 0 Å². The molecule has 0 spiro atoms. The number of methoxy groups -OCH3 is 1. The Morgan fingerprint density at radius 2 is 1.67 bits per heavy atom. The highest BCUT2D eigenvalue weighted by Gasteiger charge is 2.31. The van der Waals surface area contributed by atoms with E-state index >= 15 is 0 Å². The third-order valence-electron chi connectivity index (χ3n) is 6.42. The molecule has 0 saturated heterocycles. The summed E-state index contributed by atoms with van der Waals surface area (Å²) in [7, 11) is -2.31. The van der Waals surface area contributed by atoms with Crippen LogP contribution < -0.4 is 14.4 Å². The summed E-state index contributed by atoms with van der Waals surface area (Å²) in [6, 6.07) is 11.2. The highest BCUT2D eigenvalue weighted by Crippen LogP contribution is 2.21. The first-order chi connectivity index (χ1) is 17.1. The quantitative estimate of drug-likeness (QED) is 0.519. The van der Waals surface area contributed by atoms with Crippen molar-refractivity contribution in [1.82, 2.24) is 10.2 Å². The molecule has 0 aliphatic heterocycles. The van der Waals surface area contributed by atoms with Gasteiger partial charge in [-0.15, -0.1) is 0 Å². The molecular weight excluding hydrogens is 485 g/mol. The minimum atomic E-state index is -3.86. The number of nitrogens with zero attached hydrogens (tertiary/aromatic N) is 2. The monoisotopic (exact) mass is 519 g/mol. The van der Waals surface area contributed by atoms with Crippen molar-refractivity contribution in [1.29, 1.82) is 0 Å². The third kappa shape index (κ3) is 7.43. The molecule has 196 valence electrons. The van der Waals surface area contributed by atoms with Crippen molar-refractivity contribution in [3.8, 4) is 5.75 Å². The fourth-order valence-corrected chi connectivity index (χ4v) is 5.15. The molecule has 2 amide bonds. The van der Waals surface area contributed by atoms with Crippen molar-refractivity contribution in [3.05, 3.63) is 59.9 Å². The molecule has 0 heterocycles. The number of benzene rings is 2. The van der Waals surface area contributed by atoms with E-state index in [9.17, 15) is 22.4 Å². The molecule has 2 aromatic rings. The van der Waals surface area contributed by atoms with Crippen LogP contribution in [0, 0.1) is 5.82 Å². The molecule has 1 fully saturated rings. The molecule has 0 bridgehead atoms. The molecule has 1 saturated carbocycles. The summed E-state index contributed by atoms with van der Waals surface area (Å²) < 4.78 is 44.6.